The van der Waals surface area contributed by atoms with Gasteiger partial charge >= 0.3 is 6.18 Å². The molecule has 1 aliphatic rings. The van der Waals surface area contributed by atoms with E-state index < -0.39 is 17.2 Å². The second-order valence-electron chi connectivity index (χ2n) is 4.22. The standard InChI is InChI=1S/C11H12F3NO/c12-11(13,14)8-2-3-9(15-6-8)10(7-16)4-1-5-10/h2-3,6,16H,1,4-5,7H2. The monoisotopic (exact) mass is 231 g/mol. The van der Waals surface area contributed by atoms with E-state index in [1.807, 2.05) is 0 Å². The molecule has 2 rings (SSSR count). The van der Waals surface area contributed by atoms with Gasteiger partial charge in [0, 0.05) is 17.3 Å². The molecule has 1 heterocycles. The van der Waals surface area contributed by atoms with Crippen molar-refractivity contribution < 1.29 is 18.3 Å². The first-order valence-corrected chi connectivity index (χ1v) is 5.12. The highest BCUT2D eigenvalue weighted by Gasteiger charge is 2.40. The Morgan fingerprint density at radius 2 is 2.00 bits per heavy atom. The van der Waals surface area contributed by atoms with E-state index in [9.17, 15) is 18.3 Å². The predicted molar refractivity (Wildman–Crippen MR) is 51.9 cm³/mol. The summed E-state index contributed by atoms with van der Waals surface area (Å²) in [5.41, 5.74) is -0.581. The average Bonchev–Trinajstić information content (AvgIpc) is 2.16. The summed E-state index contributed by atoms with van der Waals surface area (Å²) in [5, 5.41) is 9.26. The molecule has 5 heteroatoms. The lowest BCUT2D eigenvalue weighted by Gasteiger charge is -2.39. The van der Waals surface area contributed by atoms with Crippen molar-refractivity contribution in [1.82, 2.24) is 4.98 Å². The lowest BCUT2D eigenvalue weighted by atomic mass is 9.67. The first kappa shape index (κ1) is 11.4. The van der Waals surface area contributed by atoms with Gasteiger partial charge in [0.2, 0.25) is 0 Å². The molecule has 2 nitrogen and oxygen atoms in total. The lowest BCUT2D eigenvalue weighted by molar-refractivity contribution is -0.137. The fourth-order valence-electron chi connectivity index (χ4n) is 1.97. The summed E-state index contributed by atoms with van der Waals surface area (Å²) < 4.78 is 36.9. The van der Waals surface area contributed by atoms with Crippen LogP contribution in [0.3, 0.4) is 0 Å². The zero-order chi connectivity index (χ0) is 11.8. The molecule has 1 saturated carbocycles. The highest BCUT2D eigenvalue weighted by atomic mass is 19.4. The molecule has 88 valence electrons. The molecule has 0 aromatic carbocycles. The van der Waals surface area contributed by atoms with Gasteiger partial charge in [0.25, 0.3) is 0 Å². The van der Waals surface area contributed by atoms with Gasteiger partial charge in [-0.15, -0.1) is 0 Å². The van der Waals surface area contributed by atoms with Crippen LogP contribution in [0.1, 0.15) is 30.5 Å². The van der Waals surface area contributed by atoms with Crippen molar-refractivity contribution in [3.8, 4) is 0 Å². The largest absolute Gasteiger partial charge is 0.417 e. The number of hydrogen-bond donors (Lipinski definition) is 1. The van der Waals surface area contributed by atoms with Crippen molar-refractivity contribution in [2.75, 3.05) is 6.61 Å². The fraction of sp³-hybridized carbons (Fsp3) is 0.545. The molecule has 0 radical (unpaired) electrons. The van der Waals surface area contributed by atoms with Crippen LogP contribution in [-0.4, -0.2) is 16.7 Å². The van der Waals surface area contributed by atoms with E-state index >= 15 is 0 Å². The van der Waals surface area contributed by atoms with Crippen molar-refractivity contribution in [2.45, 2.75) is 30.9 Å². The van der Waals surface area contributed by atoms with E-state index in [0.29, 0.717) is 5.69 Å². The van der Waals surface area contributed by atoms with Gasteiger partial charge in [-0.2, -0.15) is 13.2 Å². The molecule has 0 saturated heterocycles. The molecule has 0 spiro atoms. The van der Waals surface area contributed by atoms with Crippen LogP contribution >= 0.6 is 0 Å². The van der Waals surface area contributed by atoms with Crippen molar-refractivity contribution in [3.05, 3.63) is 29.6 Å². The Hall–Kier alpha value is -1.10. The maximum Gasteiger partial charge on any atom is 0.417 e. The minimum absolute atomic E-state index is 0.0502. The van der Waals surface area contributed by atoms with E-state index in [1.165, 1.54) is 6.07 Å². The second-order valence-corrected chi connectivity index (χ2v) is 4.22. The molecule has 0 unspecified atom stereocenters. The zero-order valence-electron chi connectivity index (χ0n) is 8.59. The number of aromatic nitrogens is 1. The van der Waals surface area contributed by atoms with Crippen LogP contribution in [-0.2, 0) is 11.6 Å². The van der Waals surface area contributed by atoms with Crippen LogP contribution in [0.4, 0.5) is 13.2 Å². The van der Waals surface area contributed by atoms with Gasteiger partial charge in [-0.25, -0.2) is 0 Å². The third-order valence-corrected chi connectivity index (χ3v) is 3.25. The highest BCUT2D eigenvalue weighted by Crippen LogP contribution is 2.42. The molecular weight excluding hydrogens is 219 g/mol. The Morgan fingerprint density at radius 3 is 2.31 bits per heavy atom. The van der Waals surface area contributed by atoms with Crippen molar-refractivity contribution in [3.63, 3.8) is 0 Å². The maximum atomic E-state index is 12.3. The van der Waals surface area contributed by atoms with Crippen LogP contribution in [0.5, 0.6) is 0 Å². The zero-order valence-corrected chi connectivity index (χ0v) is 8.59. The van der Waals surface area contributed by atoms with Gasteiger partial charge in [-0.1, -0.05) is 6.42 Å². The Balaban J connectivity index is 2.26. The molecule has 1 N–H and O–H groups in total. The Bertz CT molecular complexity index is 362. The summed E-state index contributed by atoms with van der Waals surface area (Å²) in [6.45, 7) is -0.0502. The van der Waals surface area contributed by atoms with Gasteiger partial charge < -0.3 is 5.11 Å². The number of aliphatic hydroxyl groups is 1. The number of aliphatic hydroxyl groups excluding tert-OH is 1. The first-order valence-electron chi connectivity index (χ1n) is 5.12. The molecule has 0 bridgehead atoms. The van der Waals surface area contributed by atoms with E-state index in [2.05, 4.69) is 4.98 Å². The Morgan fingerprint density at radius 1 is 1.31 bits per heavy atom. The van der Waals surface area contributed by atoms with Crippen molar-refractivity contribution >= 4 is 0 Å². The number of alkyl halides is 3. The fourth-order valence-corrected chi connectivity index (χ4v) is 1.97. The second kappa shape index (κ2) is 3.73. The van der Waals surface area contributed by atoms with E-state index in [-0.39, 0.29) is 6.61 Å². The predicted octanol–water partition coefficient (Wildman–Crippen LogP) is 2.51. The number of pyridine rings is 1. The van der Waals surface area contributed by atoms with E-state index in [1.54, 1.807) is 0 Å². The minimum Gasteiger partial charge on any atom is -0.395 e. The number of halogens is 3. The molecule has 0 amide bonds. The molecule has 0 aliphatic heterocycles. The maximum absolute atomic E-state index is 12.3. The van der Waals surface area contributed by atoms with Crippen molar-refractivity contribution in [1.29, 1.82) is 0 Å². The first-order chi connectivity index (χ1) is 7.48. The Labute approximate surface area is 91.1 Å². The topological polar surface area (TPSA) is 33.1 Å². The van der Waals surface area contributed by atoms with Gasteiger partial charge in [0.1, 0.15) is 0 Å². The van der Waals surface area contributed by atoms with Crippen molar-refractivity contribution in [2.24, 2.45) is 0 Å². The SMILES string of the molecule is OCC1(c2ccc(C(F)(F)F)cn2)CCC1. The van der Waals surface area contributed by atoms with Gasteiger partial charge in [0.15, 0.2) is 0 Å². The highest BCUT2D eigenvalue weighted by molar-refractivity contribution is 5.25. The van der Waals surface area contributed by atoms with Gasteiger partial charge in [-0.3, -0.25) is 4.98 Å². The summed E-state index contributed by atoms with van der Waals surface area (Å²) in [4.78, 5) is 3.83. The summed E-state index contributed by atoms with van der Waals surface area (Å²) in [5.74, 6) is 0. The summed E-state index contributed by atoms with van der Waals surface area (Å²) in [7, 11) is 0. The normalized spacial score (nSPS) is 19.2. The van der Waals surface area contributed by atoms with Gasteiger partial charge in [0.05, 0.1) is 12.2 Å². The molecular formula is C11H12F3NO. The van der Waals surface area contributed by atoms with Crippen LogP contribution in [0.2, 0.25) is 0 Å². The van der Waals surface area contributed by atoms with Crippen LogP contribution < -0.4 is 0 Å². The number of rotatable bonds is 2. The molecule has 0 atom stereocenters. The van der Waals surface area contributed by atoms with Crippen LogP contribution in [0.15, 0.2) is 18.3 Å². The third-order valence-electron chi connectivity index (χ3n) is 3.25. The summed E-state index contributed by atoms with van der Waals surface area (Å²) in [6, 6.07) is 2.40. The smallest absolute Gasteiger partial charge is 0.395 e. The summed E-state index contributed by atoms with van der Waals surface area (Å²) in [6.07, 6.45) is -0.935. The molecule has 16 heavy (non-hydrogen) atoms. The summed E-state index contributed by atoms with van der Waals surface area (Å²) >= 11 is 0. The molecule has 1 fully saturated rings. The third kappa shape index (κ3) is 1.80. The lowest BCUT2D eigenvalue weighted by Crippen LogP contribution is -2.38. The number of nitrogens with zero attached hydrogens (tertiary/aromatic N) is 1. The minimum atomic E-state index is -4.35. The van der Waals surface area contributed by atoms with Crippen LogP contribution in [0.25, 0.3) is 0 Å². The molecule has 1 aliphatic carbocycles. The average molecular weight is 231 g/mol. The van der Waals surface area contributed by atoms with Crippen LogP contribution in [0, 0.1) is 0 Å². The number of hydrogen-bond acceptors (Lipinski definition) is 2. The molecule has 1 aromatic heterocycles. The molecule has 1 aromatic rings. The van der Waals surface area contributed by atoms with E-state index in [4.69, 9.17) is 0 Å². The quantitative estimate of drug-likeness (QED) is 0.848. The van der Waals surface area contributed by atoms with E-state index in [0.717, 1.165) is 31.5 Å². The Kier molecular flexibility index (Phi) is 2.66. The van der Waals surface area contributed by atoms with Gasteiger partial charge in [-0.05, 0) is 25.0 Å².